The van der Waals surface area contributed by atoms with Crippen LogP contribution in [0.2, 0.25) is 0 Å². The van der Waals surface area contributed by atoms with E-state index in [0.717, 1.165) is 55.6 Å². The highest BCUT2D eigenvalue weighted by Crippen LogP contribution is 2.38. The number of anilines is 1. The lowest BCUT2D eigenvalue weighted by Crippen LogP contribution is -2.40. The topological polar surface area (TPSA) is 81.3 Å². The standard InChI is InChI=1S/C26H34N4O2/c1-18-19(2)30(22-10-6-7-11-22)26(23(18)16-27)28-24(31)17-29-14-12-21(13-15-29)25(32)20-8-4-3-5-9-20/h3-5,8-9,21-22,25,32H,6-7,10-15,17H2,1-2H3,(H,28,31)/t25-/m0/s1. The highest BCUT2D eigenvalue weighted by molar-refractivity contribution is 5.93. The zero-order valence-corrected chi connectivity index (χ0v) is 19.2. The summed E-state index contributed by atoms with van der Waals surface area (Å²) in [5.74, 6) is 0.820. The molecule has 2 N–H and O–H groups in total. The van der Waals surface area contributed by atoms with Gasteiger partial charge in [-0.1, -0.05) is 43.2 Å². The molecule has 170 valence electrons. The molecular weight excluding hydrogens is 400 g/mol. The number of likely N-dealkylation sites (tertiary alicyclic amines) is 1. The summed E-state index contributed by atoms with van der Waals surface area (Å²) in [5, 5.41) is 23.5. The Balaban J connectivity index is 1.38. The van der Waals surface area contributed by atoms with E-state index >= 15 is 0 Å². The Bertz CT molecular complexity index is 977. The van der Waals surface area contributed by atoms with Crippen molar-refractivity contribution in [3.8, 4) is 6.07 Å². The number of amides is 1. The zero-order chi connectivity index (χ0) is 22.7. The molecule has 1 saturated heterocycles. The van der Waals surface area contributed by atoms with Crippen LogP contribution in [0.4, 0.5) is 5.82 Å². The fraction of sp³-hybridized carbons (Fsp3) is 0.538. The van der Waals surface area contributed by atoms with Gasteiger partial charge in [-0.15, -0.1) is 0 Å². The van der Waals surface area contributed by atoms with Crippen molar-refractivity contribution in [3.63, 3.8) is 0 Å². The number of benzene rings is 1. The number of aromatic nitrogens is 1. The number of aliphatic hydroxyl groups is 1. The molecule has 1 aromatic heterocycles. The maximum Gasteiger partial charge on any atom is 0.239 e. The third kappa shape index (κ3) is 4.60. The Morgan fingerprint density at radius 2 is 1.81 bits per heavy atom. The Labute approximate surface area is 190 Å². The monoisotopic (exact) mass is 434 g/mol. The number of hydrogen-bond donors (Lipinski definition) is 2. The number of piperidine rings is 1. The molecule has 0 spiro atoms. The number of rotatable bonds is 6. The van der Waals surface area contributed by atoms with Crippen molar-refractivity contribution in [2.75, 3.05) is 25.0 Å². The van der Waals surface area contributed by atoms with E-state index in [4.69, 9.17) is 0 Å². The first kappa shape index (κ1) is 22.6. The molecule has 2 aliphatic rings. The molecule has 1 aromatic carbocycles. The molecule has 1 aliphatic heterocycles. The van der Waals surface area contributed by atoms with Crippen molar-refractivity contribution >= 4 is 11.7 Å². The molecule has 1 atom stereocenters. The van der Waals surface area contributed by atoms with Crippen LogP contribution in [0.5, 0.6) is 0 Å². The van der Waals surface area contributed by atoms with Crippen molar-refractivity contribution in [3.05, 3.63) is 52.7 Å². The van der Waals surface area contributed by atoms with Gasteiger partial charge in [0.25, 0.3) is 0 Å². The van der Waals surface area contributed by atoms with Crippen LogP contribution in [0.1, 0.15) is 73.1 Å². The summed E-state index contributed by atoms with van der Waals surface area (Å²) in [6, 6.07) is 12.5. The lowest BCUT2D eigenvalue weighted by atomic mass is 9.87. The van der Waals surface area contributed by atoms with Gasteiger partial charge in [-0.2, -0.15) is 5.26 Å². The number of nitrogens with zero attached hydrogens (tertiary/aromatic N) is 3. The van der Waals surface area contributed by atoms with E-state index in [9.17, 15) is 15.2 Å². The second kappa shape index (κ2) is 9.89. The Kier molecular flexibility index (Phi) is 6.98. The van der Waals surface area contributed by atoms with Gasteiger partial charge in [0, 0.05) is 11.7 Å². The molecule has 6 nitrogen and oxygen atoms in total. The van der Waals surface area contributed by atoms with E-state index in [1.54, 1.807) is 0 Å². The van der Waals surface area contributed by atoms with Gasteiger partial charge in [0.15, 0.2) is 0 Å². The molecule has 6 heteroatoms. The maximum atomic E-state index is 12.9. The Morgan fingerprint density at radius 1 is 1.16 bits per heavy atom. The number of carbonyl (C=O) groups is 1. The minimum atomic E-state index is -0.453. The Hall–Kier alpha value is -2.62. The minimum Gasteiger partial charge on any atom is -0.388 e. The lowest BCUT2D eigenvalue weighted by Gasteiger charge is -2.34. The van der Waals surface area contributed by atoms with Crippen LogP contribution >= 0.6 is 0 Å². The maximum absolute atomic E-state index is 12.9. The van der Waals surface area contributed by atoms with Crippen molar-refractivity contribution in [1.29, 1.82) is 5.26 Å². The van der Waals surface area contributed by atoms with Crippen LogP contribution in [0.15, 0.2) is 30.3 Å². The van der Waals surface area contributed by atoms with Crippen LogP contribution in [0.25, 0.3) is 0 Å². The lowest BCUT2D eigenvalue weighted by molar-refractivity contribution is -0.117. The van der Waals surface area contributed by atoms with Crippen LogP contribution in [-0.4, -0.2) is 40.1 Å². The fourth-order valence-corrected chi connectivity index (χ4v) is 5.43. The van der Waals surface area contributed by atoms with E-state index in [1.807, 2.05) is 44.2 Å². The van der Waals surface area contributed by atoms with Crippen LogP contribution < -0.4 is 5.32 Å². The summed E-state index contributed by atoms with van der Waals surface area (Å²) in [4.78, 5) is 15.1. The Morgan fingerprint density at radius 3 is 2.44 bits per heavy atom. The highest BCUT2D eigenvalue weighted by Gasteiger charge is 2.29. The third-order valence-electron chi connectivity index (χ3n) is 7.40. The first-order valence-corrected chi connectivity index (χ1v) is 11.9. The molecule has 0 unspecified atom stereocenters. The molecule has 0 bridgehead atoms. The summed E-state index contributed by atoms with van der Waals surface area (Å²) < 4.78 is 2.20. The van der Waals surface area contributed by atoms with Crippen LogP contribution in [0.3, 0.4) is 0 Å². The molecule has 2 fully saturated rings. The van der Waals surface area contributed by atoms with E-state index in [0.29, 0.717) is 24.0 Å². The van der Waals surface area contributed by atoms with E-state index in [1.165, 1.54) is 12.8 Å². The first-order chi connectivity index (χ1) is 15.5. The quantitative estimate of drug-likeness (QED) is 0.703. The average molecular weight is 435 g/mol. The highest BCUT2D eigenvalue weighted by atomic mass is 16.3. The van der Waals surface area contributed by atoms with Crippen molar-refractivity contribution in [2.24, 2.45) is 5.92 Å². The summed E-state index contributed by atoms with van der Waals surface area (Å²) in [5.41, 5.74) is 3.60. The van der Waals surface area contributed by atoms with Gasteiger partial charge in [-0.25, -0.2) is 0 Å². The van der Waals surface area contributed by atoms with Crippen LogP contribution in [-0.2, 0) is 4.79 Å². The fourth-order valence-electron chi connectivity index (χ4n) is 5.43. The van der Waals surface area contributed by atoms with E-state index in [2.05, 4.69) is 20.9 Å². The first-order valence-electron chi connectivity index (χ1n) is 11.9. The number of carbonyl (C=O) groups excluding carboxylic acids is 1. The van der Waals surface area contributed by atoms with Crippen molar-refractivity contribution in [2.45, 2.75) is 64.5 Å². The number of hydrogen-bond acceptors (Lipinski definition) is 4. The summed E-state index contributed by atoms with van der Waals surface area (Å²) in [6.45, 7) is 5.90. The average Bonchev–Trinajstić information content (AvgIpc) is 3.41. The molecule has 2 heterocycles. The number of nitriles is 1. The second-order valence-electron chi connectivity index (χ2n) is 9.37. The predicted molar refractivity (Wildman–Crippen MR) is 125 cm³/mol. The molecular formula is C26H34N4O2. The molecule has 0 radical (unpaired) electrons. The third-order valence-corrected chi connectivity index (χ3v) is 7.40. The molecule has 32 heavy (non-hydrogen) atoms. The normalized spacial score (nSPS) is 19.1. The summed E-state index contributed by atoms with van der Waals surface area (Å²) in [6.07, 6.45) is 5.86. The van der Waals surface area contributed by atoms with Crippen molar-refractivity contribution in [1.82, 2.24) is 9.47 Å². The minimum absolute atomic E-state index is 0.0692. The second-order valence-corrected chi connectivity index (χ2v) is 9.37. The van der Waals surface area contributed by atoms with Gasteiger partial charge in [0.1, 0.15) is 11.9 Å². The van der Waals surface area contributed by atoms with Crippen molar-refractivity contribution < 1.29 is 9.90 Å². The van der Waals surface area contributed by atoms with Gasteiger partial charge in [-0.3, -0.25) is 9.69 Å². The van der Waals surface area contributed by atoms with E-state index in [-0.39, 0.29) is 11.8 Å². The smallest absolute Gasteiger partial charge is 0.239 e. The van der Waals surface area contributed by atoms with E-state index < -0.39 is 6.10 Å². The number of nitrogens with one attached hydrogen (secondary N) is 1. The zero-order valence-electron chi connectivity index (χ0n) is 19.2. The predicted octanol–water partition coefficient (Wildman–Crippen LogP) is 4.48. The van der Waals surface area contributed by atoms with Gasteiger partial charge < -0.3 is 15.0 Å². The number of aliphatic hydroxyl groups excluding tert-OH is 1. The molecule has 1 saturated carbocycles. The molecule has 1 amide bonds. The van der Waals surface area contributed by atoms with Gasteiger partial charge in [-0.05, 0) is 69.7 Å². The molecule has 1 aliphatic carbocycles. The summed E-state index contributed by atoms with van der Waals surface area (Å²) >= 11 is 0. The largest absolute Gasteiger partial charge is 0.388 e. The van der Waals surface area contributed by atoms with Gasteiger partial charge >= 0.3 is 0 Å². The SMILES string of the molecule is Cc1c(C#N)c(NC(=O)CN2CCC([C@@H](O)c3ccccc3)CC2)n(C2CCCC2)c1C. The van der Waals surface area contributed by atoms with Crippen LogP contribution in [0, 0.1) is 31.1 Å². The molecule has 2 aromatic rings. The van der Waals surface area contributed by atoms with Gasteiger partial charge in [0.2, 0.25) is 5.91 Å². The van der Waals surface area contributed by atoms with Gasteiger partial charge in [0.05, 0.1) is 18.2 Å². The summed E-state index contributed by atoms with van der Waals surface area (Å²) in [7, 11) is 0. The molecule has 4 rings (SSSR count).